The van der Waals surface area contributed by atoms with Gasteiger partial charge < -0.3 is 9.47 Å². The minimum atomic E-state index is -1.11. The molecule has 0 saturated carbocycles. The molecule has 4 nitrogen and oxygen atoms in total. The van der Waals surface area contributed by atoms with Crippen molar-refractivity contribution in [2.45, 2.75) is 130 Å². The molecular formula is C25H48O4. The van der Waals surface area contributed by atoms with Crippen LogP contribution in [0.1, 0.15) is 130 Å². The Kier molecular flexibility index (Phi) is 18.2. The van der Waals surface area contributed by atoms with Crippen molar-refractivity contribution in [1.29, 1.82) is 0 Å². The molecule has 0 aromatic carbocycles. The second kappa shape index (κ2) is 18.9. The van der Waals surface area contributed by atoms with Crippen LogP contribution >= 0.6 is 0 Å². The predicted octanol–water partition coefficient (Wildman–Crippen LogP) is 7.38. The van der Waals surface area contributed by atoms with E-state index >= 15 is 0 Å². The van der Waals surface area contributed by atoms with Crippen molar-refractivity contribution in [3.63, 3.8) is 0 Å². The van der Waals surface area contributed by atoms with Crippen LogP contribution in [0.15, 0.2) is 0 Å². The largest absolute Gasteiger partial charge is 0.465 e. The summed E-state index contributed by atoms with van der Waals surface area (Å²) in [7, 11) is 0. The second-order valence-electron chi connectivity index (χ2n) is 8.27. The van der Waals surface area contributed by atoms with Crippen molar-refractivity contribution < 1.29 is 19.1 Å². The van der Waals surface area contributed by atoms with Crippen molar-refractivity contribution in [1.82, 2.24) is 0 Å². The molecule has 29 heavy (non-hydrogen) atoms. The van der Waals surface area contributed by atoms with Gasteiger partial charge in [-0.25, -0.2) is 0 Å². The first-order valence-electron chi connectivity index (χ1n) is 12.4. The highest BCUT2D eigenvalue weighted by Crippen LogP contribution is 2.35. The van der Waals surface area contributed by atoms with Crippen LogP contribution in [0.3, 0.4) is 0 Å². The van der Waals surface area contributed by atoms with E-state index in [0.717, 1.165) is 25.7 Å². The highest BCUT2D eigenvalue weighted by molar-refractivity contribution is 6.00. The molecule has 0 radical (unpaired) electrons. The Balaban J connectivity index is 4.81. The lowest BCUT2D eigenvalue weighted by atomic mass is 9.77. The van der Waals surface area contributed by atoms with Crippen LogP contribution in [0, 0.1) is 5.41 Å². The summed E-state index contributed by atoms with van der Waals surface area (Å²) in [6, 6.07) is 0. The zero-order chi connectivity index (χ0) is 21.8. The maximum atomic E-state index is 12.9. The standard InChI is InChI=1S/C25H48O4/c1-5-9-11-13-15-17-19-21-25(23(26)28-7-3,24(27)29-8-4)22-20-18-16-14-12-10-6-2/h5-22H2,1-4H3. The Labute approximate surface area is 180 Å². The summed E-state index contributed by atoms with van der Waals surface area (Å²) < 4.78 is 10.7. The number of rotatable bonds is 20. The van der Waals surface area contributed by atoms with Gasteiger partial charge in [0.15, 0.2) is 5.41 Å². The summed E-state index contributed by atoms with van der Waals surface area (Å²) in [6.07, 6.45) is 17.4. The van der Waals surface area contributed by atoms with Crippen LogP contribution < -0.4 is 0 Å². The van der Waals surface area contributed by atoms with Crippen LogP contribution in [0.4, 0.5) is 0 Å². The molecule has 0 heterocycles. The summed E-state index contributed by atoms with van der Waals surface area (Å²) >= 11 is 0. The Morgan fingerprint density at radius 3 is 1.14 bits per heavy atom. The van der Waals surface area contributed by atoms with E-state index in [0.29, 0.717) is 26.1 Å². The highest BCUT2D eigenvalue weighted by atomic mass is 16.6. The van der Waals surface area contributed by atoms with E-state index in [-0.39, 0.29) is 11.9 Å². The average Bonchev–Trinajstić information content (AvgIpc) is 2.71. The molecule has 0 aromatic rings. The zero-order valence-corrected chi connectivity index (χ0v) is 19.9. The molecule has 0 unspecified atom stereocenters. The van der Waals surface area contributed by atoms with Gasteiger partial charge in [0.1, 0.15) is 0 Å². The molecule has 0 rings (SSSR count). The lowest BCUT2D eigenvalue weighted by molar-refractivity contribution is -0.173. The molecule has 0 aliphatic rings. The monoisotopic (exact) mass is 412 g/mol. The smallest absolute Gasteiger partial charge is 0.323 e. The Morgan fingerprint density at radius 1 is 0.517 bits per heavy atom. The van der Waals surface area contributed by atoms with Crippen LogP contribution in [-0.4, -0.2) is 25.2 Å². The molecule has 0 aliphatic heterocycles. The summed E-state index contributed by atoms with van der Waals surface area (Å²) in [5.41, 5.74) is -1.11. The normalized spacial score (nSPS) is 11.4. The third kappa shape index (κ3) is 12.3. The van der Waals surface area contributed by atoms with Crippen LogP contribution in [0.25, 0.3) is 0 Å². The van der Waals surface area contributed by atoms with Crippen molar-refractivity contribution >= 4 is 11.9 Å². The highest BCUT2D eigenvalue weighted by Gasteiger charge is 2.47. The quantitative estimate of drug-likeness (QED) is 0.119. The molecule has 0 amide bonds. The van der Waals surface area contributed by atoms with Crippen molar-refractivity contribution in [3.8, 4) is 0 Å². The third-order valence-electron chi connectivity index (χ3n) is 5.75. The number of hydrogen-bond acceptors (Lipinski definition) is 4. The number of esters is 2. The SMILES string of the molecule is CCCCCCCCCC(CCCCCCCCC)(C(=O)OCC)C(=O)OCC. The van der Waals surface area contributed by atoms with Gasteiger partial charge in [-0.05, 0) is 26.7 Å². The molecule has 172 valence electrons. The first-order valence-corrected chi connectivity index (χ1v) is 12.4. The van der Waals surface area contributed by atoms with Gasteiger partial charge >= 0.3 is 11.9 Å². The fourth-order valence-corrected chi connectivity index (χ4v) is 3.92. The van der Waals surface area contributed by atoms with E-state index < -0.39 is 5.41 Å². The number of carbonyl (C=O) groups excluding carboxylic acids is 2. The Bertz CT molecular complexity index is 368. The molecule has 4 heteroatoms. The van der Waals surface area contributed by atoms with E-state index in [1.165, 1.54) is 64.2 Å². The lowest BCUT2D eigenvalue weighted by Gasteiger charge is -2.29. The second-order valence-corrected chi connectivity index (χ2v) is 8.27. The van der Waals surface area contributed by atoms with Gasteiger partial charge in [-0.1, -0.05) is 104 Å². The van der Waals surface area contributed by atoms with E-state index in [1.807, 2.05) is 0 Å². The molecule has 0 saturated heterocycles. The number of ether oxygens (including phenoxy) is 2. The van der Waals surface area contributed by atoms with Crippen LogP contribution in [0.2, 0.25) is 0 Å². The van der Waals surface area contributed by atoms with E-state index in [9.17, 15) is 9.59 Å². The summed E-state index contributed by atoms with van der Waals surface area (Å²) in [4.78, 5) is 25.7. The van der Waals surface area contributed by atoms with Crippen molar-refractivity contribution in [2.75, 3.05) is 13.2 Å². The van der Waals surface area contributed by atoms with Gasteiger partial charge in [-0.15, -0.1) is 0 Å². The maximum Gasteiger partial charge on any atom is 0.323 e. The van der Waals surface area contributed by atoms with Gasteiger partial charge in [0.25, 0.3) is 0 Å². The molecule has 0 fully saturated rings. The molecule has 0 aromatic heterocycles. The fourth-order valence-electron chi connectivity index (χ4n) is 3.92. The predicted molar refractivity (Wildman–Crippen MR) is 121 cm³/mol. The topological polar surface area (TPSA) is 52.6 Å². The first-order chi connectivity index (χ1) is 14.1. The number of hydrogen-bond donors (Lipinski definition) is 0. The van der Waals surface area contributed by atoms with Gasteiger partial charge in [0, 0.05) is 0 Å². The van der Waals surface area contributed by atoms with E-state index in [2.05, 4.69) is 13.8 Å². The minimum Gasteiger partial charge on any atom is -0.465 e. The molecule has 0 atom stereocenters. The fraction of sp³-hybridized carbons (Fsp3) is 0.920. The Hall–Kier alpha value is -1.06. The van der Waals surface area contributed by atoms with Crippen molar-refractivity contribution in [3.05, 3.63) is 0 Å². The van der Waals surface area contributed by atoms with E-state index in [4.69, 9.17) is 9.47 Å². The van der Waals surface area contributed by atoms with Crippen LogP contribution in [-0.2, 0) is 19.1 Å². The summed E-state index contributed by atoms with van der Waals surface area (Å²) in [6.45, 7) is 8.64. The number of unbranched alkanes of at least 4 members (excludes halogenated alkanes) is 12. The molecule has 0 N–H and O–H groups in total. The average molecular weight is 413 g/mol. The number of carbonyl (C=O) groups is 2. The minimum absolute atomic E-state index is 0.300. The zero-order valence-electron chi connectivity index (χ0n) is 19.9. The molecular weight excluding hydrogens is 364 g/mol. The lowest BCUT2D eigenvalue weighted by Crippen LogP contribution is -2.42. The molecule has 0 bridgehead atoms. The Morgan fingerprint density at radius 2 is 0.828 bits per heavy atom. The van der Waals surface area contributed by atoms with Gasteiger partial charge in [0.05, 0.1) is 13.2 Å². The van der Waals surface area contributed by atoms with Gasteiger partial charge in [-0.3, -0.25) is 9.59 Å². The summed E-state index contributed by atoms with van der Waals surface area (Å²) in [5, 5.41) is 0. The third-order valence-corrected chi connectivity index (χ3v) is 5.75. The summed E-state index contributed by atoms with van der Waals surface area (Å²) in [5.74, 6) is -0.758. The van der Waals surface area contributed by atoms with Crippen molar-refractivity contribution in [2.24, 2.45) is 5.41 Å². The first kappa shape index (κ1) is 27.9. The maximum absolute atomic E-state index is 12.9. The molecule has 0 aliphatic carbocycles. The van der Waals surface area contributed by atoms with E-state index in [1.54, 1.807) is 13.8 Å². The van der Waals surface area contributed by atoms with Crippen LogP contribution in [0.5, 0.6) is 0 Å². The van der Waals surface area contributed by atoms with Gasteiger partial charge in [0.2, 0.25) is 0 Å². The van der Waals surface area contributed by atoms with Gasteiger partial charge in [-0.2, -0.15) is 0 Å². The molecule has 0 spiro atoms.